The molecule has 0 bridgehead atoms. The van der Waals surface area contributed by atoms with Crippen molar-refractivity contribution in [3.05, 3.63) is 77.0 Å². The number of aromatic nitrogens is 3. The van der Waals surface area contributed by atoms with Crippen LogP contribution >= 0.6 is 0 Å². The van der Waals surface area contributed by atoms with Gasteiger partial charge in [-0.3, -0.25) is 4.79 Å². The highest BCUT2D eigenvalue weighted by molar-refractivity contribution is 5.84. The number of carbonyl (C=O) groups is 1. The molecule has 1 saturated carbocycles. The lowest BCUT2D eigenvalue weighted by molar-refractivity contribution is 0.143. The smallest absolute Gasteiger partial charge is 0.449 e. The molecule has 0 saturated heterocycles. The molecule has 1 fully saturated rings. The van der Waals surface area contributed by atoms with Gasteiger partial charge in [0.2, 0.25) is 5.43 Å². The number of ether oxygens (including phenoxy) is 1. The number of nitrogens with zero attached hydrogens (tertiary/aromatic N) is 3. The number of rotatable bonds is 4. The van der Waals surface area contributed by atoms with E-state index in [-0.39, 0.29) is 22.6 Å². The van der Waals surface area contributed by atoms with Crippen LogP contribution < -0.4 is 10.2 Å². The Bertz CT molecular complexity index is 1390. The van der Waals surface area contributed by atoms with Gasteiger partial charge in [-0.05, 0) is 18.9 Å². The third kappa shape index (κ3) is 3.24. The number of hydrogen-bond donors (Lipinski definition) is 1. The largest absolute Gasteiger partial charge is 0.511 e. The van der Waals surface area contributed by atoms with E-state index in [0.29, 0.717) is 5.69 Å². The highest BCUT2D eigenvalue weighted by Crippen LogP contribution is 2.39. The number of benzene rings is 2. The summed E-state index contributed by atoms with van der Waals surface area (Å²) in [5, 5.41) is 8.59. The van der Waals surface area contributed by atoms with E-state index in [4.69, 9.17) is 5.11 Å². The highest BCUT2D eigenvalue weighted by atomic mass is 19.1. The molecule has 7 nitrogen and oxygen atoms in total. The van der Waals surface area contributed by atoms with Gasteiger partial charge in [0.25, 0.3) is 0 Å². The van der Waals surface area contributed by atoms with E-state index in [1.54, 1.807) is 0 Å². The summed E-state index contributed by atoms with van der Waals surface area (Å²) in [5.74, 6) is -2.40. The van der Waals surface area contributed by atoms with Crippen LogP contribution in [0.2, 0.25) is 0 Å². The van der Waals surface area contributed by atoms with Crippen molar-refractivity contribution in [1.82, 2.24) is 14.1 Å². The molecule has 156 valence electrons. The van der Waals surface area contributed by atoms with Gasteiger partial charge < -0.3 is 19.0 Å². The van der Waals surface area contributed by atoms with Crippen molar-refractivity contribution in [1.29, 1.82) is 0 Å². The SMILES string of the molecule is O=C(O)Oc1cn(C2CC2)c2c(F)c(-n3cnc(-c4ccccc4)c3)c(F)cc2c1=O. The van der Waals surface area contributed by atoms with Crippen molar-refractivity contribution in [2.75, 3.05) is 0 Å². The molecule has 2 aromatic carbocycles. The Hall–Kier alpha value is -4.01. The molecule has 9 heteroatoms. The van der Waals surface area contributed by atoms with Gasteiger partial charge in [0.1, 0.15) is 12.0 Å². The maximum atomic E-state index is 15.6. The first-order valence-electron chi connectivity index (χ1n) is 9.51. The fourth-order valence-corrected chi connectivity index (χ4v) is 3.65. The van der Waals surface area contributed by atoms with Gasteiger partial charge in [0.05, 0.1) is 22.8 Å². The van der Waals surface area contributed by atoms with Crippen molar-refractivity contribution in [2.24, 2.45) is 0 Å². The molecule has 5 rings (SSSR count). The normalized spacial score (nSPS) is 13.5. The number of imidazole rings is 1. The standard InChI is InChI=1S/C22H15F2N3O4/c23-15-8-14-19(27(13-6-7-13)10-17(21(14)28)31-22(29)30)18(24)20(15)26-9-16(25-11-26)12-4-2-1-3-5-12/h1-5,8-11,13H,6-7H2,(H,29,30). The van der Waals surface area contributed by atoms with Crippen molar-refractivity contribution in [3.63, 3.8) is 0 Å². The molecule has 1 aliphatic rings. The molecule has 1 N–H and O–H groups in total. The summed E-state index contributed by atoms with van der Waals surface area (Å²) in [6.45, 7) is 0. The van der Waals surface area contributed by atoms with Crippen molar-refractivity contribution < 1.29 is 23.4 Å². The number of carboxylic acid groups (broad SMARTS) is 1. The Morgan fingerprint density at radius 1 is 1.16 bits per heavy atom. The predicted octanol–water partition coefficient (Wildman–Crippen LogP) is 4.52. The molecular weight excluding hydrogens is 408 g/mol. The zero-order chi connectivity index (χ0) is 21.7. The maximum absolute atomic E-state index is 15.6. The van der Waals surface area contributed by atoms with Crippen LogP contribution in [-0.4, -0.2) is 25.4 Å². The van der Waals surface area contributed by atoms with Crippen LogP contribution in [0.5, 0.6) is 5.75 Å². The Morgan fingerprint density at radius 3 is 2.58 bits per heavy atom. The summed E-state index contributed by atoms with van der Waals surface area (Å²) in [6.07, 6.45) is 3.74. The lowest BCUT2D eigenvalue weighted by Crippen LogP contribution is -2.18. The zero-order valence-electron chi connectivity index (χ0n) is 16.0. The second kappa shape index (κ2) is 7.05. The molecule has 0 aliphatic heterocycles. The molecule has 0 spiro atoms. The van der Waals surface area contributed by atoms with Crippen LogP contribution in [0.3, 0.4) is 0 Å². The summed E-state index contributed by atoms with van der Waals surface area (Å²) in [5.41, 5.74) is -0.0498. The summed E-state index contributed by atoms with van der Waals surface area (Å²) < 4.78 is 37.9. The molecule has 2 aromatic heterocycles. The van der Waals surface area contributed by atoms with Crippen molar-refractivity contribution in [2.45, 2.75) is 18.9 Å². The zero-order valence-corrected chi connectivity index (χ0v) is 16.0. The molecule has 1 aliphatic carbocycles. The molecule has 0 radical (unpaired) electrons. The number of hydrogen-bond acceptors (Lipinski definition) is 4. The van der Waals surface area contributed by atoms with Crippen LogP contribution in [0.25, 0.3) is 27.8 Å². The van der Waals surface area contributed by atoms with E-state index in [1.807, 2.05) is 30.3 Å². The number of pyridine rings is 1. The predicted molar refractivity (Wildman–Crippen MR) is 108 cm³/mol. The Labute approximate surface area is 173 Å². The fraction of sp³-hybridized carbons (Fsp3) is 0.136. The maximum Gasteiger partial charge on any atom is 0.511 e. The van der Waals surface area contributed by atoms with E-state index < -0.39 is 29.0 Å². The first-order chi connectivity index (χ1) is 14.9. The third-order valence-electron chi connectivity index (χ3n) is 5.20. The Balaban J connectivity index is 1.73. The second-order valence-corrected chi connectivity index (χ2v) is 7.28. The summed E-state index contributed by atoms with van der Waals surface area (Å²) in [6, 6.07) is 9.94. The minimum absolute atomic E-state index is 0.100. The number of fused-ring (bicyclic) bond motifs is 1. The molecule has 2 heterocycles. The van der Waals surface area contributed by atoms with Crippen LogP contribution in [0.15, 0.2) is 59.9 Å². The van der Waals surface area contributed by atoms with E-state index in [1.165, 1.54) is 27.9 Å². The van der Waals surface area contributed by atoms with Gasteiger partial charge in [-0.1, -0.05) is 30.3 Å². The third-order valence-corrected chi connectivity index (χ3v) is 5.20. The quantitative estimate of drug-likeness (QED) is 0.488. The van der Waals surface area contributed by atoms with Crippen LogP contribution in [-0.2, 0) is 0 Å². The van der Waals surface area contributed by atoms with Gasteiger partial charge in [0.15, 0.2) is 17.4 Å². The Kier molecular flexibility index (Phi) is 4.32. The van der Waals surface area contributed by atoms with E-state index in [2.05, 4.69) is 9.72 Å². The average Bonchev–Trinajstić information content (AvgIpc) is 3.48. The molecule has 0 amide bonds. The first kappa shape index (κ1) is 19.0. The van der Waals surface area contributed by atoms with Crippen LogP contribution in [0, 0.1) is 11.6 Å². The molecule has 31 heavy (non-hydrogen) atoms. The van der Waals surface area contributed by atoms with Gasteiger partial charge >= 0.3 is 6.16 Å². The second-order valence-electron chi connectivity index (χ2n) is 7.28. The van der Waals surface area contributed by atoms with Gasteiger partial charge in [0, 0.05) is 17.8 Å². The van der Waals surface area contributed by atoms with E-state index in [0.717, 1.165) is 24.5 Å². The summed E-state index contributed by atoms with van der Waals surface area (Å²) >= 11 is 0. The van der Waals surface area contributed by atoms with Crippen LogP contribution in [0.1, 0.15) is 18.9 Å². The first-order valence-corrected chi connectivity index (χ1v) is 9.51. The molecule has 0 unspecified atom stereocenters. The molecular formula is C22H15F2N3O4. The van der Waals surface area contributed by atoms with Crippen molar-refractivity contribution >= 4 is 17.1 Å². The molecule has 4 aromatic rings. The minimum Gasteiger partial charge on any atom is -0.449 e. The topological polar surface area (TPSA) is 86.3 Å². The summed E-state index contributed by atoms with van der Waals surface area (Å²) in [4.78, 5) is 27.8. The fourth-order valence-electron chi connectivity index (χ4n) is 3.65. The Morgan fingerprint density at radius 2 is 1.90 bits per heavy atom. The lowest BCUT2D eigenvalue weighted by Gasteiger charge is -2.15. The number of halogens is 2. The van der Waals surface area contributed by atoms with E-state index in [9.17, 15) is 9.59 Å². The summed E-state index contributed by atoms with van der Waals surface area (Å²) in [7, 11) is 0. The minimum atomic E-state index is -1.68. The highest BCUT2D eigenvalue weighted by Gasteiger charge is 2.30. The van der Waals surface area contributed by atoms with Crippen molar-refractivity contribution in [3.8, 4) is 22.7 Å². The monoisotopic (exact) mass is 423 g/mol. The average molecular weight is 423 g/mol. The van der Waals surface area contributed by atoms with E-state index >= 15 is 8.78 Å². The lowest BCUT2D eigenvalue weighted by atomic mass is 10.1. The van der Waals surface area contributed by atoms with Gasteiger partial charge in [-0.2, -0.15) is 0 Å². The van der Waals surface area contributed by atoms with Gasteiger partial charge in [-0.25, -0.2) is 18.6 Å². The van der Waals surface area contributed by atoms with Gasteiger partial charge in [-0.15, -0.1) is 0 Å². The van der Waals surface area contributed by atoms with Crippen LogP contribution in [0.4, 0.5) is 13.6 Å². The molecule has 0 atom stereocenters.